The van der Waals surface area contributed by atoms with Gasteiger partial charge in [-0.3, -0.25) is 0 Å². The molecule has 0 atom stereocenters. The van der Waals surface area contributed by atoms with Gasteiger partial charge in [-0.15, -0.1) is 0 Å². The lowest BCUT2D eigenvalue weighted by Gasteiger charge is -2.20. The van der Waals surface area contributed by atoms with Gasteiger partial charge in [-0.25, -0.2) is 0 Å². The fourth-order valence-corrected chi connectivity index (χ4v) is 1.05. The normalized spacial score (nSPS) is 25.3. The molecule has 0 amide bonds. The number of likely N-dealkylation sites (tertiary alicyclic amines) is 1. The number of piperidine rings is 1. The van der Waals surface area contributed by atoms with Crippen molar-refractivity contribution in [3.05, 3.63) is 0 Å². The second-order valence-electron chi connectivity index (χ2n) is 2.36. The maximum atomic E-state index is 2.39. The molecule has 0 aromatic heterocycles. The van der Waals surface area contributed by atoms with Crippen molar-refractivity contribution in [3.8, 4) is 0 Å². The van der Waals surface area contributed by atoms with Gasteiger partial charge in [0.25, 0.3) is 0 Å². The summed E-state index contributed by atoms with van der Waals surface area (Å²) >= 11 is 0. The van der Waals surface area contributed by atoms with Crippen molar-refractivity contribution in [2.75, 3.05) is 20.1 Å². The zero-order chi connectivity index (χ0) is 5.11. The van der Waals surface area contributed by atoms with Crippen molar-refractivity contribution in [1.29, 1.82) is 0 Å². The van der Waals surface area contributed by atoms with Crippen LogP contribution in [0.1, 0.15) is 20.7 Å². The quantitative estimate of drug-likeness (QED) is 0.445. The molecule has 1 aliphatic heterocycles. The highest BCUT2D eigenvalue weighted by Crippen LogP contribution is 2.04. The molecule has 1 fully saturated rings. The second kappa shape index (κ2) is 2.31. The van der Waals surface area contributed by atoms with Crippen LogP contribution in [-0.2, 0) is 0 Å². The van der Waals surface area contributed by atoms with Gasteiger partial charge in [-0.05, 0) is 33.0 Å². The fourth-order valence-electron chi connectivity index (χ4n) is 1.05. The molecule has 1 saturated heterocycles. The maximum absolute atomic E-state index is 2.39. The van der Waals surface area contributed by atoms with Crippen molar-refractivity contribution in [3.63, 3.8) is 0 Å². The van der Waals surface area contributed by atoms with Gasteiger partial charge < -0.3 is 4.90 Å². The molecule has 0 N–H and O–H groups in total. The lowest BCUT2D eigenvalue weighted by Crippen LogP contribution is -2.24. The van der Waals surface area contributed by atoms with E-state index >= 15 is 0 Å². The largest absolute Gasteiger partial charge is 0.306 e. The highest BCUT2D eigenvalue weighted by Gasteiger charge is 2.02. The van der Waals surface area contributed by atoms with Gasteiger partial charge in [-0.1, -0.05) is 6.42 Å². The topological polar surface area (TPSA) is 3.24 Å². The fraction of sp³-hybridized carbons (Fsp3) is 1.00. The SMILES string of the molecule is CN1CCCCC1.[HH]. The van der Waals surface area contributed by atoms with E-state index in [2.05, 4.69) is 11.9 Å². The number of nitrogens with zero attached hydrogens (tertiary/aromatic N) is 1. The van der Waals surface area contributed by atoms with Crippen molar-refractivity contribution < 1.29 is 1.43 Å². The van der Waals surface area contributed by atoms with Crippen molar-refractivity contribution >= 4 is 0 Å². The summed E-state index contributed by atoms with van der Waals surface area (Å²) in [7, 11) is 2.19. The van der Waals surface area contributed by atoms with E-state index < -0.39 is 0 Å². The van der Waals surface area contributed by atoms with Crippen LogP contribution >= 0.6 is 0 Å². The van der Waals surface area contributed by atoms with Crippen LogP contribution in [-0.4, -0.2) is 25.0 Å². The predicted molar refractivity (Wildman–Crippen MR) is 33.5 cm³/mol. The Morgan fingerprint density at radius 3 is 2.00 bits per heavy atom. The third-order valence-electron chi connectivity index (χ3n) is 1.58. The molecule has 0 bridgehead atoms. The first-order chi connectivity index (χ1) is 3.39. The minimum atomic E-state index is 0. The molecule has 1 heteroatoms. The summed E-state index contributed by atoms with van der Waals surface area (Å²) < 4.78 is 0. The Hall–Kier alpha value is -0.0400. The number of hydrogen-bond donors (Lipinski definition) is 0. The molecule has 7 heavy (non-hydrogen) atoms. The van der Waals surface area contributed by atoms with E-state index in [-0.39, 0.29) is 1.43 Å². The van der Waals surface area contributed by atoms with Crippen molar-refractivity contribution in [2.24, 2.45) is 0 Å². The molecule has 44 valence electrons. The standard InChI is InChI=1S/C6H13N.H2/c1-7-5-3-2-4-6-7;/h2-6H2,1H3;1H. The second-order valence-corrected chi connectivity index (χ2v) is 2.36. The average Bonchev–Trinajstić information content (AvgIpc) is 1.69. The van der Waals surface area contributed by atoms with Crippen molar-refractivity contribution in [1.82, 2.24) is 4.90 Å². The molecule has 1 nitrogen and oxygen atoms in total. The molecular weight excluding hydrogens is 86.1 g/mol. The summed E-state index contributed by atoms with van der Waals surface area (Å²) in [4.78, 5) is 2.39. The van der Waals surface area contributed by atoms with Crippen LogP contribution in [0.15, 0.2) is 0 Å². The van der Waals surface area contributed by atoms with E-state index in [0.29, 0.717) is 0 Å². The molecule has 1 aliphatic rings. The van der Waals surface area contributed by atoms with E-state index in [1.807, 2.05) is 0 Å². The third-order valence-corrected chi connectivity index (χ3v) is 1.58. The monoisotopic (exact) mass is 101 g/mol. The number of rotatable bonds is 0. The van der Waals surface area contributed by atoms with Crippen LogP contribution in [0, 0.1) is 0 Å². The first-order valence-corrected chi connectivity index (χ1v) is 3.08. The highest BCUT2D eigenvalue weighted by atomic mass is 15.1. The van der Waals surface area contributed by atoms with Crippen LogP contribution in [0.25, 0.3) is 0 Å². The minimum Gasteiger partial charge on any atom is -0.306 e. The summed E-state index contributed by atoms with van der Waals surface area (Å²) in [5.74, 6) is 0. The van der Waals surface area contributed by atoms with Gasteiger partial charge in [0.2, 0.25) is 0 Å². The van der Waals surface area contributed by atoms with Crippen LogP contribution < -0.4 is 0 Å². The van der Waals surface area contributed by atoms with E-state index in [9.17, 15) is 0 Å². The van der Waals surface area contributed by atoms with E-state index in [4.69, 9.17) is 0 Å². The molecule has 1 heterocycles. The molecule has 1 rings (SSSR count). The third kappa shape index (κ3) is 1.48. The molecule has 0 aliphatic carbocycles. The number of hydrogen-bond acceptors (Lipinski definition) is 1. The van der Waals surface area contributed by atoms with E-state index in [1.54, 1.807) is 0 Å². The van der Waals surface area contributed by atoms with Gasteiger partial charge in [0.05, 0.1) is 0 Å². The molecule has 0 aromatic carbocycles. The molecule has 0 aromatic rings. The predicted octanol–water partition coefficient (Wildman–Crippen LogP) is 1.35. The van der Waals surface area contributed by atoms with Gasteiger partial charge >= 0.3 is 0 Å². The lowest BCUT2D eigenvalue weighted by atomic mass is 10.1. The zero-order valence-corrected chi connectivity index (χ0v) is 4.98. The summed E-state index contributed by atoms with van der Waals surface area (Å²) in [5.41, 5.74) is 0. The summed E-state index contributed by atoms with van der Waals surface area (Å²) in [6.07, 6.45) is 4.28. The van der Waals surface area contributed by atoms with Gasteiger partial charge in [-0.2, -0.15) is 0 Å². The first-order valence-electron chi connectivity index (χ1n) is 3.08. The molecule has 0 saturated carbocycles. The van der Waals surface area contributed by atoms with Crippen LogP contribution in [0.5, 0.6) is 0 Å². The van der Waals surface area contributed by atoms with Crippen molar-refractivity contribution in [2.45, 2.75) is 19.3 Å². The Bertz CT molecular complexity index is 50.5. The molecule has 0 radical (unpaired) electrons. The Morgan fingerprint density at radius 1 is 1.14 bits per heavy atom. The smallest absolute Gasteiger partial charge is 0 e. The first kappa shape index (κ1) is 5.10. The van der Waals surface area contributed by atoms with Gasteiger partial charge in [0, 0.05) is 1.43 Å². The minimum absolute atomic E-state index is 0. The average molecular weight is 101 g/mol. The Morgan fingerprint density at radius 2 is 1.71 bits per heavy atom. The summed E-state index contributed by atoms with van der Waals surface area (Å²) in [5, 5.41) is 0. The summed E-state index contributed by atoms with van der Waals surface area (Å²) in [6.45, 7) is 2.64. The molecule has 0 spiro atoms. The Labute approximate surface area is 46.8 Å². The Kier molecular flexibility index (Phi) is 1.69. The van der Waals surface area contributed by atoms with Gasteiger partial charge in [0.1, 0.15) is 0 Å². The highest BCUT2D eigenvalue weighted by molar-refractivity contribution is 4.58. The van der Waals surface area contributed by atoms with Crippen LogP contribution in [0.4, 0.5) is 0 Å². The van der Waals surface area contributed by atoms with E-state index in [1.165, 1.54) is 32.4 Å². The summed E-state index contributed by atoms with van der Waals surface area (Å²) in [6, 6.07) is 0. The maximum Gasteiger partial charge on any atom is 0 e. The van der Waals surface area contributed by atoms with Crippen LogP contribution in [0.2, 0.25) is 0 Å². The van der Waals surface area contributed by atoms with Gasteiger partial charge in [0.15, 0.2) is 0 Å². The molecule has 0 unspecified atom stereocenters. The van der Waals surface area contributed by atoms with E-state index in [0.717, 1.165) is 0 Å². The molecular formula is C6H15N. The van der Waals surface area contributed by atoms with Crippen LogP contribution in [0.3, 0.4) is 0 Å². The lowest BCUT2D eigenvalue weighted by molar-refractivity contribution is 0.277. The Balaban J connectivity index is 0.000000490. The zero-order valence-electron chi connectivity index (χ0n) is 4.98.